The Morgan fingerprint density at radius 3 is 2.33 bits per heavy atom. The molecule has 1 heterocycles. The maximum atomic E-state index is 13.2. The van der Waals surface area contributed by atoms with E-state index in [4.69, 9.17) is 21.5 Å². The topological polar surface area (TPSA) is 136 Å². The number of nitrogens with one attached hydrogen (secondary N) is 1. The first-order valence-electron chi connectivity index (χ1n) is 10.3. The van der Waals surface area contributed by atoms with Crippen LogP contribution < -0.4 is 15.2 Å². The van der Waals surface area contributed by atoms with Gasteiger partial charge >= 0.3 is 0 Å². The van der Waals surface area contributed by atoms with Gasteiger partial charge in [0.05, 0.1) is 11.5 Å². The number of rotatable bonds is 8. The zero-order valence-electron chi connectivity index (χ0n) is 18.0. The number of sulfonamides is 2. The van der Waals surface area contributed by atoms with Gasteiger partial charge in [0.1, 0.15) is 10.6 Å². The molecule has 1 amide bonds. The summed E-state index contributed by atoms with van der Waals surface area (Å²) in [6, 6.07) is 10.4. The molecular formula is C21H26ClN3O6S2. The van der Waals surface area contributed by atoms with E-state index < -0.39 is 20.0 Å². The molecule has 9 nitrogen and oxygen atoms in total. The van der Waals surface area contributed by atoms with Crippen LogP contribution in [0.5, 0.6) is 5.75 Å². The van der Waals surface area contributed by atoms with Crippen molar-refractivity contribution in [1.82, 2.24) is 9.62 Å². The van der Waals surface area contributed by atoms with Gasteiger partial charge in [-0.25, -0.2) is 22.0 Å². The molecule has 1 aliphatic heterocycles. The van der Waals surface area contributed by atoms with Crippen LogP contribution in [0.4, 0.5) is 0 Å². The zero-order valence-corrected chi connectivity index (χ0v) is 20.4. The molecule has 2 aromatic rings. The van der Waals surface area contributed by atoms with E-state index in [2.05, 4.69) is 5.32 Å². The Bertz CT molecular complexity index is 1210. The molecule has 1 saturated heterocycles. The van der Waals surface area contributed by atoms with Crippen molar-refractivity contribution < 1.29 is 26.4 Å². The molecule has 0 aromatic heterocycles. The number of carbonyl (C=O) groups is 1. The molecule has 1 fully saturated rings. The fourth-order valence-corrected chi connectivity index (χ4v) is 5.97. The highest BCUT2D eigenvalue weighted by Crippen LogP contribution is 2.32. The first-order chi connectivity index (χ1) is 15.5. The van der Waals surface area contributed by atoms with Gasteiger partial charge in [-0.3, -0.25) is 4.79 Å². The maximum absolute atomic E-state index is 13.2. The average molecular weight is 516 g/mol. The molecule has 0 saturated carbocycles. The first-order valence-corrected chi connectivity index (χ1v) is 13.7. The number of amides is 1. The monoisotopic (exact) mass is 515 g/mol. The number of piperidine rings is 1. The minimum Gasteiger partial charge on any atom is -0.492 e. The Balaban J connectivity index is 1.59. The van der Waals surface area contributed by atoms with Crippen molar-refractivity contribution in [1.29, 1.82) is 0 Å². The molecule has 0 spiro atoms. The summed E-state index contributed by atoms with van der Waals surface area (Å²) in [4.78, 5) is 12.6. The molecule has 33 heavy (non-hydrogen) atoms. The zero-order chi connectivity index (χ0) is 24.2. The fraction of sp³-hybridized carbons (Fsp3) is 0.381. The van der Waals surface area contributed by atoms with E-state index in [1.54, 1.807) is 25.1 Å². The highest BCUT2D eigenvalue weighted by atomic mass is 35.5. The summed E-state index contributed by atoms with van der Waals surface area (Å²) in [7, 11) is -7.60. The van der Waals surface area contributed by atoms with Crippen molar-refractivity contribution in [2.45, 2.75) is 36.1 Å². The number of ether oxygens (including phenoxy) is 1. The van der Waals surface area contributed by atoms with Crippen LogP contribution in [0.1, 0.15) is 25.3 Å². The predicted molar refractivity (Wildman–Crippen MR) is 124 cm³/mol. The van der Waals surface area contributed by atoms with Crippen LogP contribution in [0, 0.1) is 5.92 Å². The fourth-order valence-electron chi connectivity index (χ4n) is 3.59. The summed E-state index contributed by atoms with van der Waals surface area (Å²) in [6.45, 7) is 2.70. The largest absolute Gasteiger partial charge is 0.492 e. The van der Waals surface area contributed by atoms with Gasteiger partial charge < -0.3 is 10.1 Å². The number of hydrogen-bond acceptors (Lipinski definition) is 6. The van der Waals surface area contributed by atoms with Crippen LogP contribution in [-0.2, 0) is 31.4 Å². The van der Waals surface area contributed by atoms with E-state index in [9.17, 15) is 21.6 Å². The lowest BCUT2D eigenvalue weighted by Crippen LogP contribution is -2.43. The molecule has 0 radical (unpaired) electrons. The van der Waals surface area contributed by atoms with Crippen LogP contribution >= 0.6 is 11.6 Å². The third-order valence-corrected chi connectivity index (χ3v) is 8.45. The second-order valence-corrected chi connectivity index (χ2v) is 11.5. The molecule has 1 aliphatic rings. The lowest BCUT2D eigenvalue weighted by atomic mass is 9.97. The van der Waals surface area contributed by atoms with Gasteiger partial charge in [-0.05, 0) is 55.7 Å². The van der Waals surface area contributed by atoms with Crippen LogP contribution in [0.25, 0.3) is 0 Å². The lowest BCUT2D eigenvalue weighted by Gasteiger charge is -2.31. The number of halogens is 1. The molecule has 0 atom stereocenters. The maximum Gasteiger partial charge on any atom is 0.246 e. The Kier molecular flexibility index (Phi) is 8.01. The molecule has 2 aromatic carbocycles. The molecule has 180 valence electrons. The predicted octanol–water partition coefficient (Wildman–Crippen LogP) is 2.10. The highest BCUT2D eigenvalue weighted by molar-refractivity contribution is 7.89. The van der Waals surface area contributed by atoms with Crippen molar-refractivity contribution in [2.75, 3.05) is 19.7 Å². The number of nitrogens with two attached hydrogens (primary N) is 1. The van der Waals surface area contributed by atoms with E-state index in [0.717, 1.165) is 5.56 Å². The summed E-state index contributed by atoms with van der Waals surface area (Å²) in [5, 5.41) is 8.19. The van der Waals surface area contributed by atoms with Crippen molar-refractivity contribution >= 4 is 37.6 Å². The van der Waals surface area contributed by atoms with Gasteiger partial charge in [-0.1, -0.05) is 23.7 Å². The minimum absolute atomic E-state index is 0.00152. The highest BCUT2D eigenvalue weighted by Gasteiger charge is 2.33. The Morgan fingerprint density at radius 1 is 1.12 bits per heavy atom. The van der Waals surface area contributed by atoms with Crippen molar-refractivity contribution in [3.8, 4) is 5.75 Å². The van der Waals surface area contributed by atoms with Crippen LogP contribution in [0.15, 0.2) is 52.3 Å². The number of carbonyl (C=O) groups excluding carboxylic acids is 1. The molecule has 0 aliphatic carbocycles. The molecular weight excluding hydrogens is 490 g/mol. The van der Waals surface area contributed by atoms with Gasteiger partial charge in [0.15, 0.2) is 0 Å². The third kappa shape index (κ3) is 6.24. The lowest BCUT2D eigenvalue weighted by molar-refractivity contribution is -0.126. The van der Waals surface area contributed by atoms with Crippen LogP contribution in [0.2, 0.25) is 5.02 Å². The Labute approximate surface area is 199 Å². The van der Waals surface area contributed by atoms with Gasteiger partial charge in [-0.2, -0.15) is 4.31 Å². The van der Waals surface area contributed by atoms with Crippen molar-refractivity contribution in [3.63, 3.8) is 0 Å². The summed E-state index contributed by atoms with van der Waals surface area (Å²) in [6.07, 6.45) is 0.750. The molecule has 3 N–H and O–H groups in total. The van der Waals surface area contributed by atoms with Crippen LogP contribution in [-0.4, -0.2) is 46.7 Å². The van der Waals surface area contributed by atoms with Gasteiger partial charge in [0.25, 0.3) is 0 Å². The standard InChI is InChI=1S/C21H26ClN3O6S2/c1-2-31-19-8-5-17(22)13-20(19)33(29,30)25-11-9-16(10-12-25)21(26)24-14-15-3-6-18(7-4-15)32(23,27)28/h3-8,13,16H,2,9-12,14H2,1H3,(H,24,26)(H2,23,27,28). The molecule has 0 bridgehead atoms. The Morgan fingerprint density at radius 2 is 1.76 bits per heavy atom. The van der Waals surface area contributed by atoms with Gasteiger partial charge in [0, 0.05) is 30.6 Å². The number of primary sulfonamides is 1. The quantitative estimate of drug-likeness (QED) is 0.552. The summed E-state index contributed by atoms with van der Waals surface area (Å²) < 4.78 is 55.8. The smallest absolute Gasteiger partial charge is 0.246 e. The second kappa shape index (κ2) is 10.4. The Hall–Kier alpha value is -2.18. The number of benzene rings is 2. The van der Waals surface area contributed by atoms with Crippen molar-refractivity contribution in [3.05, 3.63) is 53.1 Å². The molecule has 0 unspecified atom stereocenters. The van der Waals surface area contributed by atoms with Crippen LogP contribution in [0.3, 0.4) is 0 Å². The van der Waals surface area contributed by atoms with E-state index in [0.29, 0.717) is 24.5 Å². The van der Waals surface area contributed by atoms with E-state index in [1.165, 1.54) is 28.6 Å². The first kappa shape index (κ1) is 25.4. The third-order valence-electron chi connectivity index (χ3n) is 5.37. The van der Waals surface area contributed by atoms with Gasteiger partial charge in [-0.15, -0.1) is 0 Å². The summed E-state index contributed by atoms with van der Waals surface area (Å²) in [5.74, 6) is -0.263. The SMILES string of the molecule is CCOc1ccc(Cl)cc1S(=O)(=O)N1CCC(C(=O)NCc2ccc(S(N)(=O)=O)cc2)CC1. The molecule has 3 rings (SSSR count). The van der Waals surface area contributed by atoms with E-state index >= 15 is 0 Å². The normalized spacial score (nSPS) is 15.8. The average Bonchev–Trinajstić information content (AvgIpc) is 2.78. The number of hydrogen-bond donors (Lipinski definition) is 2. The van der Waals surface area contributed by atoms with E-state index in [1.807, 2.05) is 0 Å². The second-order valence-electron chi connectivity index (χ2n) is 7.61. The van der Waals surface area contributed by atoms with E-state index in [-0.39, 0.29) is 47.0 Å². The molecule has 12 heteroatoms. The van der Waals surface area contributed by atoms with Gasteiger partial charge in [0.2, 0.25) is 26.0 Å². The van der Waals surface area contributed by atoms with Crippen molar-refractivity contribution in [2.24, 2.45) is 11.1 Å². The minimum atomic E-state index is -3.83. The summed E-state index contributed by atoms with van der Waals surface area (Å²) in [5.41, 5.74) is 0.722. The summed E-state index contributed by atoms with van der Waals surface area (Å²) >= 11 is 6.02. The number of nitrogens with zero attached hydrogens (tertiary/aromatic N) is 1.